The smallest absolute Gasteiger partial charge is 0.0736 e. The Hall–Kier alpha value is -1.29. The normalized spacial score (nSPS) is 22.6. The van der Waals surface area contributed by atoms with Gasteiger partial charge in [-0.25, -0.2) is 0 Å². The second kappa shape index (κ2) is 4.49. The van der Waals surface area contributed by atoms with Crippen molar-refractivity contribution in [2.45, 2.75) is 19.4 Å². The number of nitrogen functional groups attached to an aromatic ring is 1. The Morgan fingerprint density at radius 3 is 3.20 bits per heavy atom. The van der Waals surface area contributed by atoms with Crippen LogP contribution in [0, 0.1) is 5.92 Å². The van der Waals surface area contributed by atoms with Crippen LogP contribution in [-0.2, 0) is 4.74 Å². The van der Waals surface area contributed by atoms with E-state index in [4.69, 9.17) is 10.5 Å². The molecule has 4 heteroatoms. The van der Waals surface area contributed by atoms with E-state index in [-0.39, 0.29) is 0 Å². The third-order valence-corrected chi connectivity index (χ3v) is 2.91. The molecule has 82 valence electrons. The van der Waals surface area contributed by atoms with E-state index < -0.39 is 0 Å². The first-order valence-electron chi connectivity index (χ1n) is 5.31. The molecule has 3 N–H and O–H groups in total. The molecule has 1 fully saturated rings. The van der Waals surface area contributed by atoms with E-state index in [9.17, 15) is 0 Å². The quantitative estimate of drug-likeness (QED) is 0.788. The van der Waals surface area contributed by atoms with Gasteiger partial charge in [-0.05, 0) is 19.4 Å². The van der Waals surface area contributed by atoms with Gasteiger partial charge in [0.1, 0.15) is 0 Å². The second-order valence-corrected chi connectivity index (χ2v) is 4.02. The summed E-state index contributed by atoms with van der Waals surface area (Å²) in [4.78, 5) is 3.96. The zero-order valence-corrected chi connectivity index (χ0v) is 8.94. The van der Waals surface area contributed by atoms with Crippen LogP contribution in [0.3, 0.4) is 0 Å². The molecule has 2 unspecified atom stereocenters. The Morgan fingerprint density at radius 1 is 1.67 bits per heavy atom. The van der Waals surface area contributed by atoms with Crippen LogP contribution < -0.4 is 11.1 Å². The Morgan fingerprint density at radius 2 is 2.53 bits per heavy atom. The van der Waals surface area contributed by atoms with Crippen molar-refractivity contribution in [1.29, 1.82) is 0 Å². The summed E-state index contributed by atoms with van der Waals surface area (Å²) in [7, 11) is 0. The van der Waals surface area contributed by atoms with Crippen LogP contribution in [0.15, 0.2) is 18.5 Å². The van der Waals surface area contributed by atoms with Crippen molar-refractivity contribution in [2.24, 2.45) is 5.92 Å². The molecule has 0 aromatic carbocycles. The van der Waals surface area contributed by atoms with Gasteiger partial charge in [0.25, 0.3) is 0 Å². The molecule has 1 aromatic rings. The minimum absolute atomic E-state index is 0.386. The zero-order valence-electron chi connectivity index (χ0n) is 8.94. The van der Waals surface area contributed by atoms with Gasteiger partial charge in [0, 0.05) is 24.8 Å². The maximum atomic E-state index is 5.81. The van der Waals surface area contributed by atoms with Gasteiger partial charge >= 0.3 is 0 Å². The lowest BCUT2D eigenvalue weighted by Crippen LogP contribution is -2.26. The third-order valence-electron chi connectivity index (χ3n) is 2.91. The van der Waals surface area contributed by atoms with Crippen LogP contribution in [0.4, 0.5) is 11.4 Å². The van der Waals surface area contributed by atoms with Crippen molar-refractivity contribution < 1.29 is 4.74 Å². The predicted octanol–water partition coefficient (Wildman–Crippen LogP) is 1.50. The van der Waals surface area contributed by atoms with Crippen LogP contribution in [-0.4, -0.2) is 24.2 Å². The molecular formula is C11H17N3O. The number of ether oxygens (including phenoxy) is 1. The van der Waals surface area contributed by atoms with Gasteiger partial charge in [0.05, 0.1) is 24.2 Å². The fourth-order valence-electron chi connectivity index (χ4n) is 1.85. The van der Waals surface area contributed by atoms with E-state index in [1.807, 2.05) is 6.07 Å². The van der Waals surface area contributed by atoms with Crippen LogP contribution in [0.5, 0.6) is 0 Å². The number of nitrogens with two attached hydrogens (primary N) is 1. The zero-order chi connectivity index (χ0) is 10.7. The maximum absolute atomic E-state index is 5.81. The molecule has 1 saturated heterocycles. The number of hydrogen-bond acceptors (Lipinski definition) is 4. The summed E-state index contributed by atoms with van der Waals surface area (Å²) in [5.41, 5.74) is 7.47. The summed E-state index contributed by atoms with van der Waals surface area (Å²) in [5, 5.41) is 3.41. The molecule has 0 radical (unpaired) electrons. The SMILES string of the molecule is CC(Nc1ccncc1N)C1CCOC1. The molecule has 15 heavy (non-hydrogen) atoms. The third kappa shape index (κ3) is 2.39. The monoisotopic (exact) mass is 207 g/mol. The maximum Gasteiger partial charge on any atom is 0.0736 e. The Bertz CT molecular complexity index is 323. The number of aromatic nitrogens is 1. The molecule has 1 aliphatic rings. The summed E-state index contributed by atoms with van der Waals surface area (Å²) in [6.07, 6.45) is 4.54. The number of anilines is 2. The molecule has 2 atom stereocenters. The van der Waals surface area contributed by atoms with Crippen molar-refractivity contribution >= 4 is 11.4 Å². The molecule has 1 aromatic heterocycles. The van der Waals surface area contributed by atoms with Gasteiger partial charge < -0.3 is 15.8 Å². The number of nitrogens with one attached hydrogen (secondary N) is 1. The summed E-state index contributed by atoms with van der Waals surface area (Å²) in [6.45, 7) is 3.89. The van der Waals surface area contributed by atoms with E-state index in [1.54, 1.807) is 12.4 Å². The number of rotatable bonds is 3. The Labute approximate surface area is 89.8 Å². The van der Waals surface area contributed by atoms with E-state index >= 15 is 0 Å². The molecule has 2 heterocycles. The van der Waals surface area contributed by atoms with Crippen LogP contribution in [0.1, 0.15) is 13.3 Å². The van der Waals surface area contributed by atoms with Crippen LogP contribution in [0.2, 0.25) is 0 Å². The van der Waals surface area contributed by atoms with Gasteiger partial charge in [-0.2, -0.15) is 0 Å². The summed E-state index contributed by atoms with van der Waals surface area (Å²) in [6, 6.07) is 2.29. The van der Waals surface area contributed by atoms with Crippen molar-refractivity contribution in [3.63, 3.8) is 0 Å². The van der Waals surface area contributed by atoms with Gasteiger partial charge in [0.15, 0.2) is 0 Å². The second-order valence-electron chi connectivity index (χ2n) is 4.02. The lowest BCUT2D eigenvalue weighted by atomic mass is 10.0. The van der Waals surface area contributed by atoms with Gasteiger partial charge in [0.2, 0.25) is 0 Å². The number of pyridine rings is 1. The van der Waals surface area contributed by atoms with E-state index in [0.29, 0.717) is 17.6 Å². The van der Waals surface area contributed by atoms with Crippen LogP contribution in [0.25, 0.3) is 0 Å². The first kappa shape index (κ1) is 10.2. The predicted molar refractivity (Wildman–Crippen MR) is 60.7 cm³/mol. The summed E-state index contributed by atoms with van der Waals surface area (Å²) >= 11 is 0. The highest BCUT2D eigenvalue weighted by Crippen LogP contribution is 2.22. The lowest BCUT2D eigenvalue weighted by molar-refractivity contribution is 0.183. The average Bonchev–Trinajstić information content (AvgIpc) is 2.74. The fraction of sp³-hybridized carbons (Fsp3) is 0.545. The topological polar surface area (TPSA) is 60.2 Å². The molecule has 0 bridgehead atoms. The van der Waals surface area contributed by atoms with Gasteiger partial charge in [-0.3, -0.25) is 4.98 Å². The highest BCUT2D eigenvalue weighted by Gasteiger charge is 2.22. The molecule has 1 aliphatic heterocycles. The van der Waals surface area contributed by atoms with Gasteiger partial charge in [-0.15, -0.1) is 0 Å². The molecular weight excluding hydrogens is 190 g/mol. The summed E-state index contributed by atoms with van der Waals surface area (Å²) < 4.78 is 5.36. The summed E-state index contributed by atoms with van der Waals surface area (Å²) in [5.74, 6) is 0.581. The largest absolute Gasteiger partial charge is 0.396 e. The molecule has 0 aliphatic carbocycles. The van der Waals surface area contributed by atoms with Crippen molar-refractivity contribution in [3.8, 4) is 0 Å². The Kier molecular flexibility index (Phi) is 3.06. The highest BCUT2D eigenvalue weighted by molar-refractivity contribution is 5.64. The minimum atomic E-state index is 0.386. The molecule has 2 rings (SSSR count). The Balaban J connectivity index is 1.99. The van der Waals surface area contributed by atoms with E-state index in [1.165, 1.54) is 0 Å². The standard InChI is InChI=1S/C11H17N3O/c1-8(9-3-5-15-7-9)14-11-2-4-13-6-10(11)12/h2,4,6,8-9H,3,5,7,12H2,1H3,(H,13,14). The van der Waals surface area contributed by atoms with Gasteiger partial charge in [-0.1, -0.05) is 0 Å². The molecule has 0 spiro atoms. The lowest BCUT2D eigenvalue weighted by Gasteiger charge is -2.21. The molecule has 0 amide bonds. The average molecular weight is 207 g/mol. The van der Waals surface area contributed by atoms with Crippen LogP contribution >= 0.6 is 0 Å². The van der Waals surface area contributed by atoms with Crippen molar-refractivity contribution in [2.75, 3.05) is 24.3 Å². The van der Waals surface area contributed by atoms with Crippen molar-refractivity contribution in [1.82, 2.24) is 4.98 Å². The van der Waals surface area contributed by atoms with E-state index in [0.717, 1.165) is 25.3 Å². The number of hydrogen-bond donors (Lipinski definition) is 2. The molecule has 4 nitrogen and oxygen atoms in total. The first-order valence-corrected chi connectivity index (χ1v) is 5.31. The van der Waals surface area contributed by atoms with E-state index in [2.05, 4.69) is 17.2 Å². The highest BCUT2D eigenvalue weighted by atomic mass is 16.5. The number of nitrogens with zero attached hydrogens (tertiary/aromatic N) is 1. The first-order chi connectivity index (χ1) is 7.27. The minimum Gasteiger partial charge on any atom is -0.396 e. The fourth-order valence-corrected chi connectivity index (χ4v) is 1.85. The van der Waals surface area contributed by atoms with Crippen molar-refractivity contribution in [3.05, 3.63) is 18.5 Å². The molecule has 0 saturated carbocycles.